The van der Waals surface area contributed by atoms with Crippen molar-refractivity contribution < 1.29 is 18.3 Å². The SMILES string of the molecule is C=CCN(CC(=O)O)S(=O)(=O)c1c(C)nn(C)c1C. The number of aliphatic carboxylic acids is 1. The van der Waals surface area contributed by atoms with E-state index in [0.29, 0.717) is 11.4 Å². The Hall–Kier alpha value is -1.67. The average Bonchev–Trinajstić information content (AvgIpc) is 2.52. The monoisotopic (exact) mass is 287 g/mol. The normalized spacial score (nSPS) is 11.8. The predicted molar refractivity (Wildman–Crippen MR) is 69.3 cm³/mol. The molecule has 8 heteroatoms. The zero-order valence-electron chi connectivity index (χ0n) is 11.1. The van der Waals surface area contributed by atoms with Crippen molar-refractivity contribution in [2.24, 2.45) is 7.05 Å². The van der Waals surface area contributed by atoms with Crippen LogP contribution < -0.4 is 0 Å². The molecule has 0 aliphatic heterocycles. The minimum Gasteiger partial charge on any atom is -0.480 e. The van der Waals surface area contributed by atoms with E-state index in [-0.39, 0.29) is 11.4 Å². The predicted octanol–water partition coefficient (Wildman–Crippen LogP) is 0.298. The molecule has 0 fully saturated rings. The first-order chi connectivity index (χ1) is 8.71. The number of carbonyl (C=O) groups is 1. The van der Waals surface area contributed by atoms with Gasteiger partial charge in [0.15, 0.2) is 0 Å². The molecule has 0 aliphatic rings. The zero-order chi connectivity index (χ0) is 14.8. The van der Waals surface area contributed by atoms with Gasteiger partial charge in [0, 0.05) is 13.6 Å². The van der Waals surface area contributed by atoms with E-state index in [2.05, 4.69) is 11.7 Å². The number of nitrogens with zero attached hydrogens (tertiary/aromatic N) is 3. The second-order valence-electron chi connectivity index (χ2n) is 4.10. The maximum Gasteiger partial charge on any atom is 0.318 e. The number of carboxylic acids is 1. The fraction of sp³-hybridized carbons (Fsp3) is 0.455. The van der Waals surface area contributed by atoms with Gasteiger partial charge in [-0.2, -0.15) is 9.40 Å². The van der Waals surface area contributed by atoms with Crippen LogP contribution >= 0.6 is 0 Å². The van der Waals surface area contributed by atoms with Crippen molar-refractivity contribution in [2.75, 3.05) is 13.1 Å². The molecule has 0 amide bonds. The van der Waals surface area contributed by atoms with Crippen LogP contribution in [0.4, 0.5) is 0 Å². The summed E-state index contributed by atoms with van der Waals surface area (Å²) in [6, 6.07) is 0. The fourth-order valence-electron chi connectivity index (χ4n) is 1.80. The third-order valence-electron chi connectivity index (χ3n) is 2.68. The van der Waals surface area contributed by atoms with Gasteiger partial charge in [0.05, 0.1) is 11.4 Å². The first kappa shape index (κ1) is 15.4. The Balaban J connectivity index is 3.34. The molecule has 19 heavy (non-hydrogen) atoms. The van der Waals surface area contributed by atoms with Gasteiger partial charge in [-0.15, -0.1) is 6.58 Å². The molecule has 0 saturated carbocycles. The Morgan fingerprint density at radius 1 is 1.53 bits per heavy atom. The summed E-state index contributed by atoms with van der Waals surface area (Å²) in [5.41, 5.74) is 0.816. The number of aryl methyl sites for hydroxylation is 2. The van der Waals surface area contributed by atoms with Crippen molar-refractivity contribution in [1.29, 1.82) is 0 Å². The maximum absolute atomic E-state index is 12.5. The van der Waals surface area contributed by atoms with Crippen LogP contribution in [-0.4, -0.2) is 46.7 Å². The molecule has 0 unspecified atom stereocenters. The number of aromatic nitrogens is 2. The molecule has 1 heterocycles. The van der Waals surface area contributed by atoms with E-state index in [9.17, 15) is 13.2 Å². The van der Waals surface area contributed by atoms with Gasteiger partial charge in [0.25, 0.3) is 0 Å². The largest absolute Gasteiger partial charge is 0.480 e. The van der Waals surface area contributed by atoms with Crippen LogP contribution in [0.5, 0.6) is 0 Å². The molecule has 0 radical (unpaired) electrons. The molecule has 1 aromatic rings. The van der Waals surface area contributed by atoms with Gasteiger partial charge in [0.1, 0.15) is 11.4 Å². The van der Waals surface area contributed by atoms with Crippen LogP contribution in [0.1, 0.15) is 11.4 Å². The standard InChI is InChI=1S/C11H17N3O4S/c1-5-6-14(7-10(15)16)19(17,18)11-8(2)12-13(4)9(11)3/h5H,1,6-7H2,2-4H3,(H,15,16). The molecular formula is C11H17N3O4S. The summed E-state index contributed by atoms with van der Waals surface area (Å²) in [6.07, 6.45) is 1.35. The molecule has 0 aromatic carbocycles. The first-order valence-corrected chi connectivity index (χ1v) is 6.98. The smallest absolute Gasteiger partial charge is 0.318 e. The minimum atomic E-state index is -3.90. The Bertz CT molecular complexity index is 604. The summed E-state index contributed by atoms with van der Waals surface area (Å²) in [5, 5.41) is 12.8. The van der Waals surface area contributed by atoms with Gasteiger partial charge in [-0.05, 0) is 13.8 Å². The summed E-state index contributed by atoms with van der Waals surface area (Å²) in [4.78, 5) is 10.8. The Kier molecular flexibility index (Phi) is 4.48. The van der Waals surface area contributed by atoms with E-state index in [0.717, 1.165) is 4.31 Å². The van der Waals surface area contributed by atoms with Crippen molar-refractivity contribution in [3.63, 3.8) is 0 Å². The lowest BCUT2D eigenvalue weighted by Gasteiger charge is -2.18. The molecule has 1 aromatic heterocycles. The van der Waals surface area contributed by atoms with Gasteiger partial charge in [-0.1, -0.05) is 6.08 Å². The summed E-state index contributed by atoms with van der Waals surface area (Å²) in [7, 11) is -2.27. The Morgan fingerprint density at radius 2 is 2.11 bits per heavy atom. The zero-order valence-corrected chi connectivity index (χ0v) is 11.9. The van der Waals surface area contributed by atoms with Crippen molar-refractivity contribution in [3.8, 4) is 0 Å². The van der Waals surface area contributed by atoms with E-state index in [1.54, 1.807) is 20.9 Å². The van der Waals surface area contributed by atoms with Crippen molar-refractivity contribution in [2.45, 2.75) is 18.7 Å². The lowest BCUT2D eigenvalue weighted by atomic mass is 10.4. The highest BCUT2D eigenvalue weighted by atomic mass is 32.2. The first-order valence-electron chi connectivity index (χ1n) is 5.54. The molecule has 7 nitrogen and oxygen atoms in total. The van der Waals surface area contributed by atoms with E-state index >= 15 is 0 Å². The maximum atomic E-state index is 12.5. The molecular weight excluding hydrogens is 270 g/mol. The highest BCUT2D eigenvalue weighted by Crippen LogP contribution is 2.22. The van der Waals surface area contributed by atoms with Crippen LogP contribution in [0.15, 0.2) is 17.6 Å². The van der Waals surface area contributed by atoms with Gasteiger partial charge in [0.2, 0.25) is 10.0 Å². The van der Waals surface area contributed by atoms with Crippen molar-refractivity contribution in [1.82, 2.24) is 14.1 Å². The third-order valence-corrected chi connectivity index (χ3v) is 4.75. The third kappa shape index (κ3) is 3.02. The highest BCUT2D eigenvalue weighted by molar-refractivity contribution is 7.89. The minimum absolute atomic E-state index is 0.0538. The number of carboxylic acid groups (broad SMARTS) is 1. The molecule has 0 atom stereocenters. The van der Waals surface area contributed by atoms with Crippen LogP contribution in [0, 0.1) is 13.8 Å². The van der Waals surface area contributed by atoms with E-state index in [1.807, 2.05) is 0 Å². The summed E-state index contributed by atoms with van der Waals surface area (Å²) < 4.78 is 27.3. The molecule has 1 rings (SSSR count). The van der Waals surface area contributed by atoms with Crippen LogP contribution in [0.2, 0.25) is 0 Å². The summed E-state index contributed by atoms with van der Waals surface area (Å²) >= 11 is 0. The molecule has 0 bridgehead atoms. The summed E-state index contributed by atoms with van der Waals surface area (Å²) in [6.45, 7) is 5.97. The van der Waals surface area contributed by atoms with Crippen LogP contribution in [-0.2, 0) is 21.9 Å². The topological polar surface area (TPSA) is 92.5 Å². The van der Waals surface area contributed by atoms with E-state index in [4.69, 9.17) is 5.11 Å². The van der Waals surface area contributed by atoms with Crippen LogP contribution in [0.3, 0.4) is 0 Å². The number of hydrogen-bond acceptors (Lipinski definition) is 4. The van der Waals surface area contributed by atoms with Gasteiger partial charge < -0.3 is 5.11 Å². The number of rotatable bonds is 6. The lowest BCUT2D eigenvalue weighted by molar-refractivity contribution is -0.137. The number of sulfonamides is 1. The molecule has 1 N–H and O–H groups in total. The quantitative estimate of drug-likeness (QED) is 0.760. The Morgan fingerprint density at radius 3 is 2.47 bits per heavy atom. The van der Waals surface area contributed by atoms with Gasteiger partial charge in [-0.25, -0.2) is 8.42 Å². The van der Waals surface area contributed by atoms with Crippen molar-refractivity contribution in [3.05, 3.63) is 24.0 Å². The fourth-order valence-corrected chi connectivity index (χ4v) is 3.56. The van der Waals surface area contributed by atoms with Gasteiger partial charge in [-0.3, -0.25) is 9.48 Å². The highest BCUT2D eigenvalue weighted by Gasteiger charge is 2.31. The molecule has 0 saturated heterocycles. The van der Waals surface area contributed by atoms with Crippen LogP contribution in [0.25, 0.3) is 0 Å². The molecule has 0 aliphatic carbocycles. The summed E-state index contributed by atoms with van der Waals surface area (Å²) in [5.74, 6) is -1.22. The van der Waals surface area contributed by atoms with E-state index < -0.39 is 22.5 Å². The van der Waals surface area contributed by atoms with E-state index in [1.165, 1.54) is 10.8 Å². The van der Waals surface area contributed by atoms with Gasteiger partial charge >= 0.3 is 5.97 Å². The number of hydrogen-bond donors (Lipinski definition) is 1. The Labute approximate surface area is 112 Å². The van der Waals surface area contributed by atoms with Crippen molar-refractivity contribution >= 4 is 16.0 Å². The second-order valence-corrected chi connectivity index (χ2v) is 5.98. The molecule has 106 valence electrons. The lowest BCUT2D eigenvalue weighted by Crippen LogP contribution is -2.36. The average molecular weight is 287 g/mol. The second kappa shape index (κ2) is 5.54. The molecule has 0 spiro atoms.